The first-order chi connectivity index (χ1) is 12.8. The number of nitrogens with zero attached hydrogens (tertiary/aromatic N) is 1. The third kappa shape index (κ3) is 5.35. The van der Waals surface area contributed by atoms with Crippen LogP contribution in [0.3, 0.4) is 0 Å². The number of ether oxygens (including phenoxy) is 3. The average molecular weight is 404 g/mol. The highest BCUT2D eigenvalue weighted by Gasteiger charge is 2.32. The van der Waals surface area contributed by atoms with Crippen LogP contribution in [-0.4, -0.2) is 29.3 Å². The molecule has 0 atom stereocenters. The summed E-state index contributed by atoms with van der Waals surface area (Å²) in [5.74, 6) is -1.37. The van der Waals surface area contributed by atoms with Crippen LogP contribution >= 0.6 is 11.6 Å². The Hall–Kier alpha value is -2.78. The fourth-order valence-corrected chi connectivity index (χ4v) is 2.05. The molecule has 0 spiro atoms. The Morgan fingerprint density at radius 2 is 2.04 bits per heavy atom. The summed E-state index contributed by atoms with van der Waals surface area (Å²) < 4.78 is 53.8. The van der Waals surface area contributed by atoms with Gasteiger partial charge in [0, 0.05) is 12.3 Å². The molecule has 27 heavy (non-hydrogen) atoms. The predicted molar refractivity (Wildman–Crippen MR) is 89.2 cm³/mol. The SMILES string of the molecule is C=CC(=O)Oc1c(OCCO)cccc1Oc1ncc(C(F)(F)F)cc1Cl. The van der Waals surface area contributed by atoms with Crippen molar-refractivity contribution in [3.63, 3.8) is 0 Å². The van der Waals surface area contributed by atoms with Gasteiger partial charge in [-0.15, -0.1) is 0 Å². The second kappa shape index (κ2) is 8.74. The summed E-state index contributed by atoms with van der Waals surface area (Å²) in [4.78, 5) is 15.1. The Balaban J connectivity index is 2.40. The summed E-state index contributed by atoms with van der Waals surface area (Å²) in [6.07, 6.45) is -3.16. The highest BCUT2D eigenvalue weighted by Crippen LogP contribution is 2.41. The Morgan fingerprint density at radius 3 is 2.63 bits per heavy atom. The van der Waals surface area contributed by atoms with Crippen molar-refractivity contribution in [2.75, 3.05) is 13.2 Å². The van der Waals surface area contributed by atoms with Gasteiger partial charge in [-0.05, 0) is 18.2 Å². The maximum absolute atomic E-state index is 12.7. The fourth-order valence-electron chi connectivity index (χ4n) is 1.85. The molecule has 0 unspecified atom stereocenters. The average Bonchev–Trinajstić information content (AvgIpc) is 2.62. The molecule has 0 fully saturated rings. The third-order valence-corrected chi connectivity index (χ3v) is 3.27. The number of alkyl halides is 3. The van der Waals surface area contributed by atoms with E-state index in [0.717, 1.165) is 6.08 Å². The van der Waals surface area contributed by atoms with E-state index in [9.17, 15) is 18.0 Å². The molecule has 1 aromatic heterocycles. The van der Waals surface area contributed by atoms with Gasteiger partial charge in [0.15, 0.2) is 11.5 Å². The van der Waals surface area contributed by atoms with E-state index in [0.29, 0.717) is 12.3 Å². The second-order valence-corrected chi connectivity index (χ2v) is 5.30. The number of pyridine rings is 1. The minimum atomic E-state index is -4.61. The van der Waals surface area contributed by atoms with Crippen LogP contribution < -0.4 is 14.2 Å². The molecule has 0 saturated heterocycles. The zero-order valence-electron chi connectivity index (χ0n) is 13.6. The molecule has 2 aromatic rings. The van der Waals surface area contributed by atoms with Crippen LogP contribution in [0.5, 0.6) is 23.1 Å². The van der Waals surface area contributed by atoms with Gasteiger partial charge in [0.25, 0.3) is 0 Å². The Morgan fingerprint density at radius 1 is 1.33 bits per heavy atom. The van der Waals surface area contributed by atoms with Crippen molar-refractivity contribution in [1.29, 1.82) is 0 Å². The van der Waals surface area contributed by atoms with E-state index in [1.54, 1.807) is 0 Å². The van der Waals surface area contributed by atoms with E-state index in [1.165, 1.54) is 18.2 Å². The summed E-state index contributed by atoms with van der Waals surface area (Å²) >= 11 is 5.82. The standard InChI is InChI=1S/C17H13ClF3NO5/c1-2-14(24)27-15-12(25-7-6-23)4-3-5-13(15)26-16-11(18)8-10(9-22-16)17(19,20)21/h2-5,8-9,23H,1,6-7H2. The molecule has 0 aliphatic rings. The van der Waals surface area contributed by atoms with Crippen molar-refractivity contribution in [3.05, 3.63) is 53.7 Å². The number of halogens is 4. The number of aliphatic hydroxyl groups is 1. The van der Waals surface area contributed by atoms with Gasteiger partial charge in [-0.25, -0.2) is 9.78 Å². The fraction of sp³-hybridized carbons (Fsp3) is 0.176. The molecule has 6 nitrogen and oxygen atoms in total. The summed E-state index contributed by atoms with van der Waals surface area (Å²) in [5.41, 5.74) is -1.04. The molecule has 0 aliphatic heterocycles. The normalized spacial score (nSPS) is 11.0. The Kier molecular flexibility index (Phi) is 6.65. The van der Waals surface area contributed by atoms with Gasteiger partial charge in [0.1, 0.15) is 11.6 Å². The zero-order chi connectivity index (χ0) is 20.0. The first kappa shape index (κ1) is 20.5. The molecule has 1 N–H and O–H groups in total. The first-order valence-corrected chi connectivity index (χ1v) is 7.75. The number of benzene rings is 1. The first-order valence-electron chi connectivity index (χ1n) is 7.37. The van der Waals surface area contributed by atoms with Crippen LogP contribution in [0.25, 0.3) is 0 Å². The van der Waals surface area contributed by atoms with Gasteiger partial charge < -0.3 is 19.3 Å². The number of para-hydroxylation sites is 1. The molecular formula is C17H13ClF3NO5. The van der Waals surface area contributed by atoms with Crippen molar-refractivity contribution in [2.45, 2.75) is 6.18 Å². The summed E-state index contributed by atoms with van der Waals surface area (Å²) in [5, 5.41) is 8.48. The maximum Gasteiger partial charge on any atom is 0.417 e. The molecular weight excluding hydrogens is 391 g/mol. The maximum atomic E-state index is 12.7. The monoisotopic (exact) mass is 403 g/mol. The largest absolute Gasteiger partial charge is 0.487 e. The van der Waals surface area contributed by atoms with Crippen LogP contribution in [0.1, 0.15) is 5.56 Å². The highest BCUT2D eigenvalue weighted by molar-refractivity contribution is 6.31. The molecule has 0 bridgehead atoms. The van der Waals surface area contributed by atoms with Crippen molar-refractivity contribution < 1.29 is 37.3 Å². The molecule has 10 heteroatoms. The third-order valence-electron chi connectivity index (χ3n) is 3.00. The van der Waals surface area contributed by atoms with E-state index in [4.69, 9.17) is 30.9 Å². The Labute approximate surface area is 156 Å². The van der Waals surface area contributed by atoms with Gasteiger partial charge >= 0.3 is 12.1 Å². The lowest BCUT2D eigenvalue weighted by Crippen LogP contribution is -2.09. The molecule has 0 radical (unpaired) electrons. The summed E-state index contributed by atoms with van der Waals surface area (Å²) in [6.45, 7) is 2.88. The number of carbonyl (C=O) groups excluding carboxylic acids is 1. The number of aliphatic hydroxyl groups excluding tert-OH is 1. The minimum Gasteiger partial charge on any atom is -0.487 e. The van der Waals surface area contributed by atoms with Gasteiger partial charge in [-0.3, -0.25) is 0 Å². The van der Waals surface area contributed by atoms with Crippen molar-refractivity contribution >= 4 is 17.6 Å². The topological polar surface area (TPSA) is 77.9 Å². The van der Waals surface area contributed by atoms with Gasteiger partial charge in [-0.2, -0.15) is 13.2 Å². The van der Waals surface area contributed by atoms with E-state index in [1.807, 2.05) is 0 Å². The highest BCUT2D eigenvalue weighted by atomic mass is 35.5. The molecule has 2 rings (SSSR count). The predicted octanol–water partition coefficient (Wildman–Crippen LogP) is 4.01. The number of esters is 1. The van der Waals surface area contributed by atoms with Gasteiger partial charge in [-0.1, -0.05) is 24.2 Å². The van der Waals surface area contributed by atoms with Crippen LogP contribution in [0.15, 0.2) is 43.1 Å². The molecule has 1 aromatic carbocycles. The second-order valence-electron chi connectivity index (χ2n) is 4.89. The van der Waals surface area contributed by atoms with Crippen LogP contribution in [0, 0.1) is 0 Å². The van der Waals surface area contributed by atoms with Gasteiger partial charge in [0.2, 0.25) is 11.6 Å². The lowest BCUT2D eigenvalue weighted by atomic mass is 10.2. The quantitative estimate of drug-likeness (QED) is 0.427. The van der Waals surface area contributed by atoms with E-state index < -0.39 is 22.7 Å². The van der Waals surface area contributed by atoms with Gasteiger partial charge in [0.05, 0.1) is 12.2 Å². The molecule has 0 aliphatic carbocycles. The summed E-state index contributed by atoms with van der Waals surface area (Å²) in [6, 6.07) is 4.94. The summed E-state index contributed by atoms with van der Waals surface area (Å²) in [7, 11) is 0. The number of rotatable bonds is 7. The molecule has 0 saturated carbocycles. The van der Waals surface area contributed by atoms with E-state index >= 15 is 0 Å². The molecule has 1 heterocycles. The minimum absolute atomic E-state index is 0.0554. The lowest BCUT2D eigenvalue weighted by molar-refractivity contribution is -0.137. The van der Waals surface area contributed by atoms with Crippen LogP contribution in [0.2, 0.25) is 5.02 Å². The molecule has 144 valence electrons. The number of hydrogen-bond donors (Lipinski definition) is 1. The van der Waals surface area contributed by atoms with Crippen molar-refractivity contribution in [3.8, 4) is 23.1 Å². The Bertz CT molecular complexity index is 842. The van der Waals surface area contributed by atoms with Crippen molar-refractivity contribution in [2.24, 2.45) is 0 Å². The van der Waals surface area contributed by atoms with E-state index in [-0.39, 0.29) is 36.3 Å². The molecule has 0 amide bonds. The van der Waals surface area contributed by atoms with E-state index in [2.05, 4.69) is 11.6 Å². The number of aromatic nitrogens is 1. The van der Waals surface area contributed by atoms with Crippen LogP contribution in [0.4, 0.5) is 13.2 Å². The number of carbonyl (C=O) groups is 1. The zero-order valence-corrected chi connectivity index (χ0v) is 14.4. The van der Waals surface area contributed by atoms with Crippen LogP contribution in [-0.2, 0) is 11.0 Å². The van der Waals surface area contributed by atoms with Crippen molar-refractivity contribution in [1.82, 2.24) is 4.98 Å². The smallest absolute Gasteiger partial charge is 0.417 e. The lowest BCUT2D eigenvalue weighted by Gasteiger charge is -2.15. The number of hydrogen-bond acceptors (Lipinski definition) is 6.